The monoisotopic (exact) mass is 302 g/mol. The molecule has 110 valence electrons. The molecule has 2 aromatic rings. The number of para-hydroxylation sites is 1. The lowest BCUT2D eigenvalue weighted by Crippen LogP contribution is -2.34. The summed E-state index contributed by atoms with van der Waals surface area (Å²) in [4.78, 5) is 14.4. The van der Waals surface area contributed by atoms with Crippen LogP contribution in [0.4, 0.5) is 10.5 Å². The largest absolute Gasteiger partial charge is 0.466 e. The highest BCUT2D eigenvalue weighted by Crippen LogP contribution is 2.38. The van der Waals surface area contributed by atoms with Crippen molar-refractivity contribution in [2.45, 2.75) is 18.7 Å². The summed E-state index contributed by atoms with van der Waals surface area (Å²) in [5.41, 5.74) is 2.03. The van der Waals surface area contributed by atoms with Crippen molar-refractivity contribution >= 4 is 23.5 Å². The lowest BCUT2D eigenvalue weighted by atomic mass is 10.1. The zero-order valence-corrected chi connectivity index (χ0v) is 12.7. The molecule has 1 fully saturated rings. The SMILES string of the molecule is CCc1ccccc1NC(=O)N1CCS[C@H]1c1ccco1. The molecule has 4 nitrogen and oxygen atoms in total. The van der Waals surface area contributed by atoms with Crippen LogP contribution in [0.2, 0.25) is 0 Å². The van der Waals surface area contributed by atoms with Crippen molar-refractivity contribution in [2.75, 3.05) is 17.6 Å². The summed E-state index contributed by atoms with van der Waals surface area (Å²) in [5.74, 6) is 1.75. The van der Waals surface area contributed by atoms with Gasteiger partial charge in [0, 0.05) is 18.0 Å². The maximum Gasteiger partial charge on any atom is 0.323 e. The number of benzene rings is 1. The molecule has 5 heteroatoms. The first kappa shape index (κ1) is 14.1. The summed E-state index contributed by atoms with van der Waals surface area (Å²) in [6.45, 7) is 2.82. The van der Waals surface area contributed by atoms with Crippen LogP contribution in [0.15, 0.2) is 47.1 Å². The number of carbonyl (C=O) groups is 1. The minimum absolute atomic E-state index is 0.0335. The molecular formula is C16H18N2O2S. The lowest BCUT2D eigenvalue weighted by molar-refractivity contribution is 0.209. The first-order valence-corrected chi connectivity index (χ1v) is 8.15. The number of urea groups is 1. The summed E-state index contributed by atoms with van der Waals surface area (Å²) in [6, 6.07) is 11.6. The highest BCUT2D eigenvalue weighted by molar-refractivity contribution is 7.99. The van der Waals surface area contributed by atoms with E-state index in [1.807, 2.05) is 41.3 Å². The van der Waals surface area contributed by atoms with Gasteiger partial charge in [0.05, 0.1) is 6.26 Å². The van der Waals surface area contributed by atoms with Gasteiger partial charge in [0.15, 0.2) is 0 Å². The van der Waals surface area contributed by atoms with Crippen molar-refractivity contribution in [3.8, 4) is 0 Å². The Kier molecular flexibility index (Phi) is 4.20. The Morgan fingerprint density at radius 2 is 2.24 bits per heavy atom. The zero-order chi connectivity index (χ0) is 14.7. The van der Waals surface area contributed by atoms with Crippen molar-refractivity contribution in [3.63, 3.8) is 0 Å². The Hall–Kier alpha value is -1.88. The van der Waals surface area contributed by atoms with E-state index >= 15 is 0 Å². The molecule has 21 heavy (non-hydrogen) atoms. The van der Waals surface area contributed by atoms with Gasteiger partial charge >= 0.3 is 6.03 Å². The molecule has 1 atom stereocenters. The number of hydrogen-bond donors (Lipinski definition) is 1. The number of furan rings is 1. The van der Waals surface area contributed by atoms with Crippen molar-refractivity contribution in [1.82, 2.24) is 4.90 Å². The van der Waals surface area contributed by atoms with Crippen LogP contribution in [0, 0.1) is 0 Å². The van der Waals surface area contributed by atoms with Gasteiger partial charge in [0.1, 0.15) is 11.1 Å². The van der Waals surface area contributed by atoms with E-state index in [1.165, 1.54) is 0 Å². The molecule has 1 aliphatic heterocycles. The van der Waals surface area contributed by atoms with Crippen molar-refractivity contribution in [2.24, 2.45) is 0 Å². The van der Waals surface area contributed by atoms with Gasteiger partial charge < -0.3 is 14.6 Å². The summed E-state index contributed by atoms with van der Waals surface area (Å²) in [7, 11) is 0. The molecule has 1 aromatic heterocycles. The number of hydrogen-bond acceptors (Lipinski definition) is 3. The smallest absolute Gasteiger partial charge is 0.323 e. The number of anilines is 1. The number of amides is 2. The minimum Gasteiger partial charge on any atom is -0.466 e. The normalized spacial score (nSPS) is 18.0. The first-order valence-electron chi connectivity index (χ1n) is 7.10. The van der Waals surface area contributed by atoms with Crippen molar-refractivity contribution < 1.29 is 9.21 Å². The van der Waals surface area contributed by atoms with Crippen LogP contribution in [0.1, 0.15) is 23.6 Å². The fourth-order valence-corrected chi connectivity index (χ4v) is 3.69. The molecule has 0 bridgehead atoms. The number of nitrogens with zero attached hydrogens (tertiary/aromatic N) is 1. The van der Waals surface area contributed by atoms with Gasteiger partial charge in [-0.25, -0.2) is 4.79 Å². The molecule has 0 aliphatic carbocycles. The van der Waals surface area contributed by atoms with Crippen LogP contribution in [-0.4, -0.2) is 23.2 Å². The van der Waals surface area contributed by atoms with Crippen molar-refractivity contribution in [3.05, 3.63) is 54.0 Å². The van der Waals surface area contributed by atoms with Gasteiger partial charge in [-0.3, -0.25) is 0 Å². The Labute approximate surface area is 128 Å². The fraction of sp³-hybridized carbons (Fsp3) is 0.312. The van der Waals surface area contributed by atoms with E-state index in [4.69, 9.17) is 4.42 Å². The molecule has 0 unspecified atom stereocenters. The Morgan fingerprint density at radius 3 is 3.00 bits per heavy atom. The molecular weight excluding hydrogens is 284 g/mol. The highest BCUT2D eigenvalue weighted by Gasteiger charge is 2.32. The quantitative estimate of drug-likeness (QED) is 0.927. The molecule has 1 N–H and O–H groups in total. The molecule has 2 amide bonds. The predicted octanol–water partition coefficient (Wildman–Crippen LogP) is 4.12. The molecule has 3 rings (SSSR count). The van der Waals surface area contributed by atoms with Gasteiger partial charge in [-0.15, -0.1) is 11.8 Å². The Morgan fingerprint density at radius 1 is 1.38 bits per heavy atom. The molecule has 0 spiro atoms. The highest BCUT2D eigenvalue weighted by atomic mass is 32.2. The minimum atomic E-state index is -0.0673. The Bertz CT molecular complexity index is 612. The number of carbonyl (C=O) groups excluding carboxylic acids is 1. The topological polar surface area (TPSA) is 45.5 Å². The molecule has 1 saturated heterocycles. The average Bonchev–Trinajstić information content (AvgIpc) is 3.18. The van der Waals surface area contributed by atoms with Crippen molar-refractivity contribution in [1.29, 1.82) is 0 Å². The summed E-state index contributed by atoms with van der Waals surface area (Å²) in [6.07, 6.45) is 2.55. The van der Waals surface area contributed by atoms with Gasteiger partial charge in [-0.1, -0.05) is 25.1 Å². The molecule has 0 radical (unpaired) electrons. The van der Waals surface area contributed by atoms with E-state index in [0.717, 1.165) is 35.7 Å². The van der Waals surface area contributed by atoms with E-state index < -0.39 is 0 Å². The van der Waals surface area contributed by atoms with E-state index in [1.54, 1.807) is 18.0 Å². The molecule has 2 heterocycles. The summed E-state index contributed by atoms with van der Waals surface area (Å²) < 4.78 is 5.45. The van der Waals surface area contributed by atoms with E-state index in [-0.39, 0.29) is 11.4 Å². The third kappa shape index (κ3) is 2.93. The second kappa shape index (κ2) is 6.26. The van der Waals surface area contributed by atoms with Crippen LogP contribution >= 0.6 is 11.8 Å². The van der Waals surface area contributed by atoms with E-state index in [0.29, 0.717) is 0 Å². The van der Waals surface area contributed by atoms with Crippen LogP contribution in [-0.2, 0) is 6.42 Å². The maximum absolute atomic E-state index is 12.5. The standard InChI is InChI=1S/C16H18N2O2S/c1-2-12-6-3-4-7-13(12)17-16(19)18-9-11-21-15(18)14-8-5-10-20-14/h3-8,10,15H,2,9,11H2,1H3,(H,17,19)/t15-/m0/s1. The van der Waals surface area contributed by atoms with Gasteiger partial charge in [-0.2, -0.15) is 0 Å². The number of nitrogens with one attached hydrogen (secondary N) is 1. The average molecular weight is 302 g/mol. The third-order valence-corrected chi connectivity index (χ3v) is 4.80. The van der Waals surface area contributed by atoms with Gasteiger partial charge in [-0.05, 0) is 30.2 Å². The number of aryl methyl sites for hydroxylation is 1. The van der Waals surface area contributed by atoms with Gasteiger partial charge in [0.2, 0.25) is 0 Å². The Balaban J connectivity index is 1.75. The van der Waals surface area contributed by atoms with E-state index in [9.17, 15) is 4.79 Å². The van der Waals surface area contributed by atoms with Crippen LogP contribution < -0.4 is 5.32 Å². The second-order valence-corrected chi connectivity index (χ2v) is 6.06. The number of thioether (sulfide) groups is 1. The summed E-state index contributed by atoms with van der Waals surface area (Å²) in [5, 5.41) is 2.99. The van der Waals surface area contributed by atoms with Crippen LogP contribution in [0.25, 0.3) is 0 Å². The zero-order valence-electron chi connectivity index (χ0n) is 11.9. The maximum atomic E-state index is 12.5. The fourth-order valence-electron chi connectivity index (χ4n) is 2.48. The van der Waals surface area contributed by atoms with E-state index in [2.05, 4.69) is 12.2 Å². The molecule has 1 aromatic carbocycles. The third-order valence-electron chi connectivity index (χ3n) is 3.58. The number of rotatable bonds is 3. The van der Waals surface area contributed by atoms with Crippen LogP contribution in [0.5, 0.6) is 0 Å². The van der Waals surface area contributed by atoms with Gasteiger partial charge in [0.25, 0.3) is 0 Å². The first-order chi connectivity index (χ1) is 10.3. The molecule has 0 saturated carbocycles. The summed E-state index contributed by atoms with van der Waals surface area (Å²) >= 11 is 1.73. The predicted molar refractivity (Wildman–Crippen MR) is 85.5 cm³/mol. The molecule has 1 aliphatic rings. The lowest BCUT2D eigenvalue weighted by Gasteiger charge is -2.23. The van der Waals surface area contributed by atoms with Crippen LogP contribution in [0.3, 0.4) is 0 Å². The second-order valence-electron chi connectivity index (χ2n) is 4.87.